The summed E-state index contributed by atoms with van der Waals surface area (Å²) in [5, 5.41) is 10.0. The average molecular weight is 466 g/mol. The molecule has 170 valence electrons. The fourth-order valence-corrected chi connectivity index (χ4v) is 4.22. The van der Waals surface area contributed by atoms with Crippen molar-refractivity contribution < 1.29 is 19.1 Å². The van der Waals surface area contributed by atoms with Crippen molar-refractivity contribution in [3.8, 4) is 11.5 Å². The number of aryl methyl sites for hydroxylation is 2. The summed E-state index contributed by atoms with van der Waals surface area (Å²) in [5.41, 5.74) is 8.75. The fourth-order valence-electron chi connectivity index (χ4n) is 3.48. The van der Waals surface area contributed by atoms with Crippen molar-refractivity contribution in [1.29, 1.82) is 0 Å². The summed E-state index contributed by atoms with van der Waals surface area (Å²) in [6, 6.07) is 12.9. The summed E-state index contributed by atoms with van der Waals surface area (Å²) in [5.74, 6) is 0.491. The maximum Gasteiger partial charge on any atom is 0.269 e. The largest absolute Gasteiger partial charge is 0.493 e. The Hall–Kier alpha value is -3.79. The van der Waals surface area contributed by atoms with E-state index in [1.54, 1.807) is 32.4 Å². The molecule has 2 aromatic carbocycles. The smallest absolute Gasteiger partial charge is 0.269 e. The van der Waals surface area contributed by atoms with Gasteiger partial charge in [-0.25, -0.2) is 0 Å². The van der Waals surface area contributed by atoms with Gasteiger partial charge in [0, 0.05) is 17.0 Å². The summed E-state index contributed by atoms with van der Waals surface area (Å²) < 4.78 is 12.7. The van der Waals surface area contributed by atoms with Gasteiger partial charge >= 0.3 is 0 Å². The predicted octanol–water partition coefficient (Wildman–Crippen LogP) is 3.07. The van der Waals surface area contributed by atoms with Gasteiger partial charge in [-0.15, -0.1) is 10.2 Å². The number of rotatable bonds is 6. The molecule has 4 aromatic rings. The van der Waals surface area contributed by atoms with E-state index in [0.717, 1.165) is 22.0 Å². The fraction of sp³-hybridized carbons (Fsp3) is 0.217. The summed E-state index contributed by atoms with van der Waals surface area (Å²) in [6.45, 7) is 3.84. The SMILES string of the molecule is COc1cc2cc(C)c3nnc(SCC(=O)NNC(=O)c4cccc(C)c4)n3c2cc1OC. The van der Waals surface area contributed by atoms with Gasteiger partial charge in [0.1, 0.15) is 0 Å². The van der Waals surface area contributed by atoms with Gasteiger partial charge < -0.3 is 9.47 Å². The summed E-state index contributed by atoms with van der Waals surface area (Å²) >= 11 is 1.22. The third-order valence-electron chi connectivity index (χ3n) is 5.06. The van der Waals surface area contributed by atoms with E-state index >= 15 is 0 Å². The van der Waals surface area contributed by atoms with Gasteiger partial charge in [0.15, 0.2) is 22.3 Å². The lowest BCUT2D eigenvalue weighted by Gasteiger charge is -2.12. The molecule has 2 aromatic heterocycles. The second kappa shape index (κ2) is 9.37. The van der Waals surface area contributed by atoms with Crippen LogP contribution >= 0.6 is 11.8 Å². The number of methoxy groups -OCH3 is 2. The Bertz CT molecular complexity index is 1370. The van der Waals surface area contributed by atoms with Crippen LogP contribution in [0.5, 0.6) is 11.5 Å². The van der Waals surface area contributed by atoms with E-state index in [0.29, 0.717) is 27.9 Å². The standard InChI is InChI=1S/C23H23N5O4S/c1-13-6-5-7-15(8-13)22(30)26-24-20(29)12-33-23-27-25-21-14(2)9-16-10-18(31-3)19(32-4)11-17(16)28(21)23/h5-11H,12H2,1-4H3,(H,24,29)(H,26,30). The van der Waals surface area contributed by atoms with Crippen molar-refractivity contribution >= 4 is 40.1 Å². The van der Waals surface area contributed by atoms with Gasteiger partial charge in [-0.1, -0.05) is 29.5 Å². The molecule has 0 aliphatic carbocycles. The molecule has 0 radical (unpaired) electrons. The molecule has 0 aliphatic rings. The zero-order valence-corrected chi connectivity index (χ0v) is 19.4. The molecule has 0 atom stereocenters. The number of hydrazine groups is 1. The van der Waals surface area contributed by atoms with Gasteiger partial charge in [0.2, 0.25) is 5.91 Å². The van der Waals surface area contributed by atoms with Crippen LogP contribution in [0.2, 0.25) is 0 Å². The van der Waals surface area contributed by atoms with Crippen molar-refractivity contribution in [2.24, 2.45) is 0 Å². The molecule has 10 heteroatoms. The topological polar surface area (TPSA) is 107 Å². The zero-order chi connectivity index (χ0) is 23.5. The number of carbonyl (C=O) groups excluding carboxylic acids is 2. The minimum Gasteiger partial charge on any atom is -0.493 e. The Labute approximate surface area is 194 Å². The van der Waals surface area contributed by atoms with E-state index in [-0.39, 0.29) is 17.6 Å². The summed E-state index contributed by atoms with van der Waals surface area (Å²) in [7, 11) is 3.16. The Balaban J connectivity index is 1.52. The molecule has 0 bridgehead atoms. The van der Waals surface area contributed by atoms with Crippen LogP contribution in [0.1, 0.15) is 21.5 Å². The van der Waals surface area contributed by atoms with E-state index in [9.17, 15) is 9.59 Å². The molecule has 0 aliphatic heterocycles. The maximum atomic E-state index is 12.4. The highest BCUT2D eigenvalue weighted by molar-refractivity contribution is 7.99. The maximum absolute atomic E-state index is 12.4. The van der Waals surface area contributed by atoms with Gasteiger partial charge in [-0.2, -0.15) is 0 Å². The Morgan fingerprint density at radius 2 is 1.76 bits per heavy atom. The average Bonchev–Trinajstić information content (AvgIpc) is 3.25. The van der Waals surface area contributed by atoms with E-state index in [4.69, 9.17) is 9.47 Å². The molecular formula is C23H23N5O4S. The second-order valence-corrected chi connectivity index (χ2v) is 8.34. The number of nitrogens with zero attached hydrogens (tertiary/aromatic N) is 3. The lowest BCUT2D eigenvalue weighted by atomic mass is 10.1. The lowest BCUT2D eigenvalue weighted by molar-refractivity contribution is -0.119. The van der Waals surface area contributed by atoms with Crippen LogP contribution in [-0.4, -0.2) is 46.4 Å². The molecule has 4 rings (SSSR count). The molecule has 2 heterocycles. The van der Waals surface area contributed by atoms with Crippen LogP contribution in [0.25, 0.3) is 16.6 Å². The molecule has 0 spiro atoms. The Morgan fingerprint density at radius 3 is 2.48 bits per heavy atom. The first-order valence-corrected chi connectivity index (χ1v) is 11.1. The van der Waals surface area contributed by atoms with E-state index in [2.05, 4.69) is 21.0 Å². The van der Waals surface area contributed by atoms with Crippen LogP contribution in [0, 0.1) is 13.8 Å². The van der Waals surface area contributed by atoms with Gasteiger partial charge in [-0.05, 0) is 43.7 Å². The quantitative estimate of drug-likeness (QED) is 0.333. The first-order chi connectivity index (χ1) is 15.9. The third kappa shape index (κ3) is 4.56. The highest BCUT2D eigenvalue weighted by Crippen LogP contribution is 2.34. The van der Waals surface area contributed by atoms with Crippen molar-refractivity contribution in [3.63, 3.8) is 0 Å². The van der Waals surface area contributed by atoms with E-state index < -0.39 is 0 Å². The number of aromatic nitrogens is 3. The number of pyridine rings is 1. The molecule has 0 saturated heterocycles. The number of fused-ring (bicyclic) bond motifs is 3. The van der Waals surface area contributed by atoms with E-state index in [1.807, 2.05) is 42.5 Å². The minimum atomic E-state index is -0.382. The number of hydrogen-bond donors (Lipinski definition) is 2. The highest BCUT2D eigenvalue weighted by Gasteiger charge is 2.17. The minimum absolute atomic E-state index is 0.0393. The molecule has 9 nitrogen and oxygen atoms in total. The molecule has 2 amide bonds. The number of nitrogens with one attached hydrogen (secondary N) is 2. The van der Waals surface area contributed by atoms with Gasteiger partial charge in [-0.3, -0.25) is 24.8 Å². The van der Waals surface area contributed by atoms with Crippen LogP contribution in [-0.2, 0) is 4.79 Å². The van der Waals surface area contributed by atoms with E-state index in [1.165, 1.54) is 11.8 Å². The molecule has 0 saturated carbocycles. The Morgan fingerprint density at radius 1 is 1.00 bits per heavy atom. The molecule has 0 fully saturated rings. The Kier molecular flexibility index (Phi) is 6.36. The number of hydrogen-bond acceptors (Lipinski definition) is 7. The van der Waals surface area contributed by atoms with Gasteiger partial charge in [0.05, 0.1) is 25.5 Å². The van der Waals surface area contributed by atoms with Crippen LogP contribution in [0.15, 0.2) is 47.6 Å². The third-order valence-corrected chi connectivity index (χ3v) is 5.99. The van der Waals surface area contributed by atoms with Crippen LogP contribution in [0.3, 0.4) is 0 Å². The zero-order valence-electron chi connectivity index (χ0n) is 18.6. The second-order valence-electron chi connectivity index (χ2n) is 7.40. The molecule has 2 N–H and O–H groups in total. The molecule has 0 unspecified atom stereocenters. The first kappa shape index (κ1) is 22.4. The highest BCUT2D eigenvalue weighted by atomic mass is 32.2. The number of benzene rings is 2. The van der Waals surface area contributed by atoms with Crippen molar-refractivity contribution in [2.75, 3.05) is 20.0 Å². The van der Waals surface area contributed by atoms with Crippen molar-refractivity contribution in [1.82, 2.24) is 25.4 Å². The predicted molar refractivity (Wildman–Crippen MR) is 126 cm³/mol. The number of amides is 2. The monoisotopic (exact) mass is 465 g/mol. The van der Waals surface area contributed by atoms with Crippen molar-refractivity contribution in [2.45, 2.75) is 19.0 Å². The van der Waals surface area contributed by atoms with Crippen LogP contribution < -0.4 is 20.3 Å². The van der Waals surface area contributed by atoms with Gasteiger partial charge in [0.25, 0.3) is 5.91 Å². The van der Waals surface area contributed by atoms with Crippen LogP contribution in [0.4, 0.5) is 0 Å². The molecular weight excluding hydrogens is 442 g/mol. The number of ether oxygens (including phenoxy) is 2. The normalized spacial score (nSPS) is 10.9. The number of thioether (sulfide) groups is 1. The van der Waals surface area contributed by atoms with Crippen molar-refractivity contribution in [3.05, 3.63) is 59.2 Å². The number of carbonyl (C=O) groups is 2. The summed E-state index contributed by atoms with van der Waals surface area (Å²) in [4.78, 5) is 24.6. The molecule has 33 heavy (non-hydrogen) atoms. The first-order valence-electron chi connectivity index (χ1n) is 10.1. The lowest BCUT2D eigenvalue weighted by Crippen LogP contribution is -2.42. The summed E-state index contributed by atoms with van der Waals surface area (Å²) in [6.07, 6.45) is 0.